The average Bonchev–Trinajstić information content (AvgIpc) is 3.25. The van der Waals surface area contributed by atoms with Crippen LogP contribution in [0.15, 0.2) is 12.4 Å². The van der Waals surface area contributed by atoms with Crippen molar-refractivity contribution in [2.24, 2.45) is 5.92 Å². The summed E-state index contributed by atoms with van der Waals surface area (Å²) in [6, 6.07) is 0.372. The van der Waals surface area contributed by atoms with Crippen molar-refractivity contribution in [3.05, 3.63) is 23.7 Å². The summed E-state index contributed by atoms with van der Waals surface area (Å²) in [5.41, 5.74) is 4.48. The van der Waals surface area contributed by atoms with Gasteiger partial charge in [-0.15, -0.1) is 0 Å². The molecule has 1 aliphatic carbocycles. The first-order valence-electron chi connectivity index (χ1n) is 10.1. The van der Waals surface area contributed by atoms with E-state index >= 15 is 0 Å². The Balaban J connectivity index is 1.44. The molecule has 0 spiro atoms. The fraction of sp³-hybridized carbons (Fsp3) is 0.650. The minimum atomic E-state index is 0.211. The summed E-state index contributed by atoms with van der Waals surface area (Å²) in [6.45, 7) is 7.22. The lowest BCUT2D eigenvalue weighted by molar-refractivity contribution is -0.132. The maximum absolute atomic E-state index is 12.7. The van der Waals surface area contributed by atoms with E-state index in [0.29, 0.717) is 12.6 Å². The van der Waals surface area contributed by atoms with Crippen molar-refractivity contribution in [3.8, 4) is 11.3 Å². The molecule has 3 heterocycles. The topological polar surface area (TPSA) is 70.1 Å². The molecule has 2 aromatic heterocycles. The lowest BCUT2D eigenvalue weighted by atomic mass is 10.1. The van der Waals surface area contributed by atoms with Gasteiger partial charge in [-0.1, -0.05) is 0 Å². The van der Waals surface area contributed by atoms with Gasteiger partial charge >= 0.3 is 0 Å². The quantitative estimate of drug-likeness (QED) is 0.844. The summed E-state index contributed by atoms with van der Waals surface area (Å²) in [7, 11) is 2.00. The molecular formula is C20H30N6O. The van der Waals surface area contributed by atoms with E-state index < -0.39 is 0 Å². The zero-order chi connectivity index (χ0) is 19.0. The number of rotatable bonds is 6. The van der Waals surface area contributed by atoms with Gasteiger partial charge < -0.3 is 4.90 Å². The first-order valence-corrected chi connectivity index (χ1v) is 10.1. The predicted molar refractivity (Wildman–Crippen MR) is 104 cm³/mol. The van der Waals surface area contributed by atoms with Crippen molar-refractivity contribution < 1.29 is 4.79 Å². The van der Waals surface area contributed by atoms with E-state index in [1.807, 2.05) is 22.8 Å². The van der Waals surface area contributed by atoms with Gasteiger partial charge in [0, 0.05) is 55.1 Å². The molecule has 0 unspecified atom stereocenters. The zero-order valence-electron chi connectivity index (χ0n) is 16.6. The third-order valence-corrected chi connectivity index (χ3v) is 5.88. The molecule has 0 aromatic carbocycles. The van der Waals surface area contributed by atoms with Gasteiger partial charge in [-0.05, 0) is 46.1 Å². The molecule has 1 aliphatic heterocycles. The number of likely N-dealkylation sites (N-methyl/N-ethyl adjacent to an activating group) is 1. The summed E-state index contributed by atoms with van der Waals surface area (Å²) in [5.74, 6) is 1.01. The zero-order valence-corrected chi connectivity index (χ0v) is 16.6. The van der Waals surface area contributed by atoms with E-state index in [1.54, 1.807) is 0 Å². The maximum Gasteiger partial charge on any atom is 0.236 e. The number of hydrogen-bond donors (Lipinski definition) is 1. The van der Waals surface area contributed by atoms with E-state index in [4.69, 9.17) is 0 Å². The van der Waals surface area contributed by atoms with Crippen LogP contribution in [-0.2, 0) is 24.2 Å². The van der Waals surface area contributed by atoms with Crippen molar-refractivity contribution in [1.82, 2.24) is 29.8 Å². The SMILES string of the molecule is CC(C)N(C)CC(=O)N1CCc2[nH]nc(-c3cnn(CC4CC4)c3)c2CC1. The lowest BCUT2D eigenvalue weighted by Gasteiger charge is -2.26. The number of aromatic nitrogens is 4. The molecule has 1 saturated carbocycles. The first-order chi connectivity index (χ1) is 13.0. The van der Waals surface area contributed by atoms with Gasteiger partial charge in [0.05, 0.1) is 18.4 Å². The summed E-state index contributed by atoms with van der Waals surface area (Å²) in [6.07, 6.45) is 8.35. The number of aromatic amines is 1. The molecule has 0 bridgehead atoms. The second-order valence-corrected chi connectivity index (χ2v) is 8.31. The summed E-state index contributed by atoms with van der Waals surface area (Å²) in [5, 5.41) is 12.3. The second-order valence-electron chi connectivity index (χ2n) is 8.31. The monoisotopic (exact) mass is 370 g/mol. The van der Waals surface area contributed by atoms with Crippen molar-refractivity contribution in [2.45, 2.75) is 52.1 Å². The Bertz CT molecular complexity index is 803. The van der Waals surface area contributed by atoms with E-state index in [0.717, 1.165) is 55.3 Å². The van der Waals surface area contributed by atoms with Crippen molar-refractivity contribution in [1.29, 1.82) is 0 Å². The summed E-state index contributed by atoms with van der Waals surface area (Å²) >= 11 is 0. The first kappa shape index (κ1) is 18.2. The smallest absolute Gasteiger partial charge is 0.236 e. The molecule has 0 atom stereocenters. The van der Waals surface area contributed by atoms with Crippen LogP contribution in [0.25, 0.3) is 11.3 Å². The maximum atomic E-state index is 12.7. The number of amides is 1. The molecule has 2 aromatic rings. The third kappa shape index (κ3) is 4.08. The van der Waals surface area contributed by atoms with Crippen LogP contribution < -0.4 is 0 Å². The largest absolute Gasteiger partial charge is 0.341 e. The van der Waals surface area contributed by atoms with E-state index in [-0.39, 0.29) is 5.91 Å². The van der Waals surface area contributed by atoms with E-state index in [9.17, 15) is 4.79 Å². The second kappa shape index (κ2) is 7.46. The van der Waals surface area contributed by atoms with Crippen LogP contribution in [0.2, 0.25) is 0 Å². The van der Waals surface area contributed by atoms with Gasteiger partial charge in [0.15, 0.2) is 0 Å². The van der Waals surface area contributed by atoms with E-state index in [2.05, 4.69) is 40.2 Å². The molecule has 7 nitrogen and oxygen atoms in total. The average molecular weight is 371 g/mol. The highest BCUT2D eigenvalue weighted by molar-refractivity contribution is 5.78. The fourth-order valence-electron chi connectivity index (χ4n) is 3.62. The highest BCUT2D eigenvalue weighted by atomic mass is 16.2. The van der Waals surface area contributed by atoms with Gasteiger partial charge in [-0.3, -0.25) is 19.5 Å². The minimum Gasteiger partial charge on any atom is -0.341 e. The highest BCUT2D eigenvalue weighted by Crippen LogP contribution is 2.31. The molecule has 0 radical (unpaired) electrons. The Morgan fingerprint density at radius 2 is 2.11 bits per heavy atom. The van der Waals surface area contributed by atoms with Crippen LogP contribution in [0.3, 0.4) is 0 Å². The van der Waals surface area contributed by atoms with Crippen LogP contribution >= 0.6 is 0 Å². The number of fused-ring (bicyclic) bond motifs is 1. The van der Waals surface area contributed by atoms with Gasteiger partial charge in [0.2, 0.25) is 5.91 Å². The molecule has 2 aliphatic rings. The number of H-pyrrole nitrogens is 1. The fourth-order valence-corrected chi connectivity index (χ4v) is 3.62. The van der Waals surface area contributed by atoms with Crippen molar-refractivity contribution >= 4 is 5.91 Å². The Kier molecular flexibility index (Phi) is 5.04. The van der Waals surface area contributed by atoms with Crippen LogP contribution in [0, 0.1) is 5.92 Å². The molecule has 1 amide bonds. The molecule has 1 N–H and O–H groups in total. The van der Waals surface area contributed by atoms with Crippen molar-refractivity contribution in [3.63, 3.8) is 0 Å². The number of carbonyl (C=O) groups excluding carboxylic acids is 1. The normalized spacial score (nSPS) is 17.4. The van der Waals surface area contributed by atoms with Crippen LogP contribution in [0.5, 0.6) is 0 Å². The third-order valence-electron chi connectivity index (χ3n) is 5.88. The van der Waals surface area contributed by atoms with Crippen LogP contribution in [0.1, 0.15) is 37.9 Å². The summed E-state index contributed by atoms with van der Waals surface area (Å²) < 4.78 is 2.04. The van der Waals surface area contributed by atoms with Crippen LogP contribution in [0.4, 0.5) is 0 Å². The Morgan fingerprint density at radius 1 is 1.33 bits per heavy atom. The highest BCUT2D eigenvalue weighted by Gasteiger charge is 2.25. The van der Waals surface area contributed by atoms with E-state index in [1.165, 1.54) is 18.4 Å². The molecular weight excluding hydrogens is 340 g/mol. The Hall–Kier alpha value is -2.15. The van der Waals surface area contributed by atoms with Gasteiger partial charge in [-0.2, -0.15) is 10.2 Å². The molecule has 0 saturated heterocycles. The van der Waals surface area contributed by atoms with Gasteiger partial charge in [-0.25, -0.2) is 0 Å². The number of nitrogens with one attached hydrogen (secondary N) is 1. The van der Waals surface area contributed by atoms with Gasteiger partial charge in [0.25, 0.3) is 0 Å². The minimum absolute atomic E-state index is 0.211. The number of carbonyl (C=O) groups is 1. The van der Waals surface area contributed by atoms with Crippen molar-refractivity contribution in [2.75, 3.05) is 26.7 Å². The van der Waals surface area contributed by atoms with Gasteiger partial charge in [0.1, 0.15) is 0 Å². The molecule has 1 fully saturated rings. The Labute approximate surface area is 160 Å². The molecule has 27 heavy (non-hydrogen) atoms. The predicted octanol–water partition coefficient (Wildman–Crippen LogP) is 1.95. The number of nitrogens with zero attached hydrogens (tertiary/aromatic N) is 5. The standard InChI is InChI=1S/C20H30N6O/c1-14(2)24(3)13-19(27)25-8-6-17-18(7-9-25)22-23-20(17)16-10-21-26(12-16)11-15-4-5-15/h10,12,14-15H,4-9,11,13H2,1-3H3,(H,22,23). The molecule has 7 heteroatoms. The van der Waals surface area contributed by atoms with Crippen LogP contribution in [-0.4, -0.2) is 68.4 Å². The summed E-state index contributed by atoms with van der Waals surface area (Å²) in [4.78, 5) is 16.7. The number of hydrogen-bond acceptors (Lipinski definition) is 4. The molecule has 146 valence electrons. The Morgan fingerprint density at radius 3 is 2.85 bits per heavy atom. The molecule has 4 rings (SSSR count). The lowest BCUT2D eigenvalue weighted by Crippen LogP contribution is -2.42.